The molecule has 0 spiro atoms. The number of hydrogen-bond donors (Lipinski definition) is 2. The first-order chi connectivity index (χ1) is 16.9. The number of rotatable bonds is 4. The average Bonchev–Trinajstić information content (AvgIpc) is 3.22. The number of nitrogens with one attached hydrogen (secondary N) is 2. The number of para-hydroxylation sites is 2. The molecule has 3 aromatic carbocycles. The van der Waals surface area contributed by atoms with Crippen molar-refractivity contribution in [2.45, 2.75) is 19.8 Å². The number of carbonyl (C=O) groups is 1. The average molecular weight is 471 g/mol. The van der Waals surface area contributed by atoms with E-state index in [0.29, 0.717) is 11.2 Å². The van der Waals surface area contributed by atoms with Gasteiger partial charge >= 0.3 is 11.7 Å². The van der Waals surface area contributed by atoms with Crippen LogP contribution in [0.3, 0.4) is 0 Å². The molecule has 0 unspecified atom stereocenters. The molecule has 0 fully saturated rings. The molecule has 0 saturated carbocycles. The van der Waals surface area contributed by atoms with Crippen molar-refractivity contribution in [2.24, 2.45) is 0 Å². The van der Waals surface area contributed by atoms with Gasteiger partial charge < -0.3 is 24.2 Å². The Balaban J connectivity index is 0.000000168. The van der Waals surface area contributed by atoms with Crippen LogP contribution in [-0.4, -0.2) is 13.1 Å². The van der Waals surface area contributed by atoms with Gasteiger partial charge in [-0.05, 0) is 36.4 Å². The molecule has 0 bridgehead atoms. The molecule has 2 amide bonds. The first-order valence-corrected chi connectivity index (χ1v) is 11.2. The first-order valence-electron chi connectivity index (χ1n) is 11.2. The van der Waals surface area contributed by atoms with Gasteiger partial charge in [-0.2, -0.15) is 0 Å². The Labute approximate surface area is 202 Å². The largest absolute Gasteiger partial charge is 0.492 e. The Morgan fingerprint density at radius 2 is 1.40 bits per heavy atom. The van der Waals surface area contributed by atoms with Crippen LogP contribution in [0.15, 0.2) is 98.6 Å². The molecular formula is C28H26N2O5. The van der Waals surface area contributed by atoms with Gasteiger partial charge in [-0.15, -0.1) is 0 Å². The predicted octanol–water partition coefficient (Wildman–Crippen LogP) is 7.00. The zero-order valence-electron chi connectivity index (χ0n) is 19.7. The third-order valence-corrected chi connectivity index (χ3v) is 5.20. The number of anilines is 2. The maximum atomic E-state index is 11.6. The quantitative estimate of drug-likeness (QED) is 0.276. The lowest BCUT2D eigenvalue weighted by Crippen LogP contribution is -2.19. The number of furan rings is 1. The summed E-state index contributed by atoms with van der Waals surface area (Å²) in [5.41, 5.74) is 2.37. The zero-order chi connectivity index (χ0) is 24.8. The fourth-order valence-corrected chi connectivity index (χ4v) is 3.58. The molecule has 0 atom stereocenters. The number of fused-ring (bicyclic) bond motifs is 2. The summed E-state index contributed by atoms with van der Waals surface area (Å²) in [7, 11) is 1.63. The summed E-state index contributed by atoms with van der Waals surface area (Å²) in [6.07, 6.45) is 0. The van der Waals surface area contributed by atoms with Gasteiger partial charge in [0.1, 0.15) is 16.9 Å². The maximum Gasteiger partial charge on any atom is 0.336 e. The lowest BCUT2D eigenvalue weighted by Gasteiger charge is -2.06. The lowest BCUT2D eigenvalue weighted by atomic mass is 10.1. The number of amides is 2. The standard InChI is InChI=1S/C15H14O4.C13H12N2O/c1-8(2)14-15(17-3)10-6-9-4-5-13(16)18-11(9)7-12(10)19-14;16-13(14-11-7-3-1-4-8-11)15-12-9-5-2-6-10-12/h4-8H,1-3H3;1-10H,(H2,14,15,16). The second kappa shape index (κ2) is 10.6. The van der Waals surface area contributed by atoms with E-state index in [0.717, 1.165) is 33.7 Å². The van der Waals surface area contributed by atoms with E-state index >= 15 is 0 Å². The van der Waals surface area contributed by atoms with E-state index in [1.165, 1.54) is 6.07 Å². The monoisotopic (exact) mass is 470 g/mol. The van der Waals surface area contributed by atoms with E-state index in [4.69, 9.17) is 13.6 Å². The van der Waals surface area contributed by atoms with Crippen molar-refractivity contribution >= 4 is 39.3 Å². The minimum Gasteiger partial charge on any atom is -0.492 e. The summed E-state index contributed by atoms with van der Waals surface area (Å²) in [5.74, 6) is 1.77. The summed E-state index contributed by atoms with van der Waals surface area (Å²) >= 11 is 0. The van der Waals surface area contributed by atoms with Crippen LogP contribution < -0.4 is 21.0 Å². The molecule has 2 N–H and O–H groups in total. The van der Waals surface area contributed by atoms with Gasteiger partial charge in [0.15, 0.2) is 5.75 Å². The number of ether oxygens (including phenoxy) is 1. The highest BCUT2D eigenvalue weighted by Gasteiger charge is 2.18. The SMILES string of the molecule is COc1c(C(C)C)oc2cc3oc(=O)ccc3cc12.O=C(Nc1ccccc1)Nc1ccccc1. The summed E-state index contributed by atoms with van der Waals surface area (Å²) < 4.78 is 16.4. The Morgan fingerprint density at radius 1 is 0.800 bits per heavy atom. The molecule has 35 heavy (non-hydrogen) atoms. The number of urea groups is 1. The van der Waals surface area contributed by atoms with Crippen molar-refractivity contribution in [3.63, 3.8) is 0 Å². The molecule has 7 nitrogen and oxygen atoms in total. The van der Waals surface area contributed by atoms with Crippen molar-refractivity contribution < 1.29 is 18.4 Å². The van der Waals surface area contributed by atoms with Gasteiger partial charge in [0.05, 0.1) is 12.5 Å². The van der Waals surface area contributed by atoms with Gasteiger partial charge in [-0.25, -0.2) is 9.59 Å². The summed E-state index contributed by atoms with van der Waals surface area (Å²) in [6.45, 7) is 4.08. The van der Waals surface area contributed by atoms with Crippen LogP contribution in [0.5, 0.6) is 5.75 Å². The van der Waals surface area contributed by atoms with Gasteiger partial charge in [-0.1, -0.05) is 50.2 Å². The molecule has 5 aromatic rings. The number of methoxy groups -OCH3 is 1. The van der Waals surface area contributed by atoms with Gasteiger partial charge in [0.25, 0.3) is 0 Å². The topological polar surface area (TPSA) is 93.7 Å². The summed E-state index contributed by atoms with van der Waals surface area (Å²) in [6, 6.07) is 25.2. The van der Waals surface area contributed by atoms with Crippen molar-refractivity contribution in [1.82, 2.24) is 0 Å². The normalized spacial score (nSPS) is 10.6. The molecule has 0 aliphatic carbocycles. The van der Waals surface area contributed by atoms with Crippen molar-refractivity contribution in [1.29, 1.82) is 0 Å². The maximum absolute atomic E-state index is 11.6. The van der Waals surface area contributed by atoms with E-state index in [1.54, 1.807) is 19.2 Å². The number of benzene rings is 3. The molecule has 0 aliphatic rings. The van der Waals surface area contributed by atoms with Crippen LogP contribution in [0.25, 0.3) is 21.9 Å². The molecule has 0 aliphatic heterocycles. The Kier molecular flexibility index (Phi) is 7.16. The molecule has 2 aromatic heterocycles. The molecular weight excluding hydrogens is 444 g/mol. The minimum atomic E-state index is -0.366. The lowest BCUT2D eigenvalue weighted by molar-refractivity contribution is 0.262. The molecule has 5 rings (SSSR count). The second-order valence-electron chi connectivity index (χ2n) is 8.11. The summed E-state index contributed by atoms with van der Waals surface area (Å²) in [4.78, 5) is 22.8. The van der Waals surface area contributed by atoms with Gasteiger partial charge in [-0.3, -0.25) is 0 Å². The highest BCUT2D eigenvalue weighted by atomic mass is 16.5. The Bertz CT molecular complexity index is 1440. The van der Waals surface area contributed by atoms with Crippen LogP contribution in [0, 0.1) is 0 Å². The molecule has 178 valence electrons. The highest BCUT2D eigenvalue weighted by Crippen LogP contribution is 2.38. The highest BCUT2D eigenvalue weighted by molar-refractivity contribution is 5.99. The summed E-state index contributed by atoms with van der Waals surface area (Å²) in [5, 5.41) is 7.23. The molecule has 0 radical (unpaired) electrons. The predicted molar refractivity (Wildman–Crippen MR) is 138 cm³/mol. The molecule has 0 saturated heterocycles. The van der Waals surface area contributed by atoms with Crippen LogP contribution in [-0.2, 0) is 0 Å². The molecule has 7 heteroatoms. The van der Waals surface area contributed by atoms with Gasteiger partial charge in [0.2, 0.25) is 0 Å². The van der Waals surface area contributed by atoms with E-state index in [9.17, 15) is 9.59 Å². The van der Waals surface area contributed by atoms with Crippen LogP contribution in [0.1, 0.15) is 25.5 Å². The van der Waals surface area contributed by atoms with Crippen molar-refractivity contribution in [2.75, 3.05) is 17.7 Å². The van der Waals surface area contributed by atoms with E-state index in [2.05, 4.69) is 10.6 Å². The fraction of sp³-hybridized carbons (Fsp3) is 0.143. The fourth-order valence-electron chi connectivity index (χ4n) is 3.58. The van der Waals surface area contributed by atoms with E-state index in [1.807, 2.05) is 80.6 Å². The molecule has 2 heterocycles. The van der Waals surface area contributed by atoms with Crippen molar-refractivity contribution in [3.05, 3.63) is 101 Å². The second-order valence-corrected chi connectivity index (χ2v) is 8.11. The van der Waals surface area contributed by atoms with E-state index < -0.39 is 0 Å². The van der Waals surface area contributed by atoms with E-state index in [-0.39, 0.29) is 17.6 Å². The third-order valence-electron chi connectivity index (χ3n) is 5.20. The van der Waals surface area contributed by atoms with Crippen LogP contribution >= 0.6 is 0 Å². The Hall–Kier alpha value is -4.52. The van der Waals surface area contributed by atoms with Crippen molar-refractivity contribution in [3.8, 4) is 5.75 Å². The number of carbonyl (C=O) groups excluding carboxylic acids is 1. The third kappa shape index (κ3) is 5.70. The number of hydrogen-bond acceptors (Lipinski definition) is 5. The first kappa shape index (κ1) is 23.6. The van der Waals surface area contributed by atoms with Crippen LogP contribution in [0.4, 0.5) is 16.2 Å². The zero-order valence-corrected chi connectivity index (χ0v) is 19.7. The van der Waals surface area contributed by atoms with Gasteiger partial charge in [0, 0.05) is 34.8 Å². The van der Waals surface area contributed by atoms with Crippen LogP contribution in [0.2, 0.25) is 0 Å². The minimum absolute atomic E-state index is 0.220. The smallest absolute Gasteiger partial charge is 0.336 e. The Morgan fingerprint density at radius 3 is 1.94 bits per heavy atom.